The van der Waals surface area contributed by atoms with Crippen molar-refractivity contribution in [2.45, 2.75) is 25.4 Å². The van der Waals surface area contributed by atoms with Crippen molar-refractivity contribution >= 4 is 17.3 Å². The molecule has 0 atom stereocenters. The van der Waals surface area contributed by atoms with Gasteiger partial charge in [0.05, 0.1) is 6.61 Å². The summed E-state index contributed by atoms with van der Waals surface area (Å²) in [6.07, 6.45) is 2.50. The number of nitrogens with zero attached hydrogens (tertiary/aromatic N) is 1. The summed E-state index contributed by atoms with van der Waals surface area (Å²) in [5, 5.41) is 8.87. The van der Waals surface area contributed by atoms with Crippen LogP contribution in [0.2, 0.25) is 0 Å². The van der Waals surface area contributed by atoms with Crippen LogP contribution in [0.1, 0.15) is 27.4 Å². The summed E-state index contributed by atoms with van der Waals surface area (Å²) < 4.78 is 5.10. The number of methoxy groups -OCH3 is 1. The molecule has 17 heavy (non-hydrogen) atoms. The summed E-state index contributed by atoms with van der Waals surface area (Å²) in [6.45, 7) is 2.49. The van der Waals surface area contributed by atoms with E-state index in [-0.39, 0.29) is 0 Å². The lowest BCUT2D eigenvalue weighted by molar-refractivity contribution is 0.0702. The molecule has 1 saturated carbocycles. The van der Waals surface area contributed by atoms with Crippen LogP contribution in [0.4, 0.5) is 0 Å². The molecule has 0 aromatic carbocycles. The quantitative estimate of drug-likeness (QED) is 0.810. The maximum Gasteiger partial charge on any atom is 0.345 e. The van der Waals surface area contributed by atoms with E-state index in [2.05, 4.69) is 4.90 Å². The molecule has 0 unspecified atom stereocenters. The highest BCUT2D eigenvalue weighted by atomic mass is 32.1. The van der Waals surface area contributed by atoms with Gasteiger partial charge in [0.1, 0.15) is 4.88 Å². The molecule has 1 N–H and O–H groups in total. The lowest BCUT2D eigenvalue weighted by Crippen LogP contribution is -2.28. The monoisotopic (exact) mass is 255 g/mol. The molecule has 4 nitrogen and oxygen atoms in total. The first kappa shape index (κ1) is 12.5. The summed E-state index contributed by atoms with van der Waals surface area (Å²) in [5.74, 6) is -0.837. The topological polar surface area (TPSA) is 49.8 Å². The summed E-state index contributed by atoms with van der Waals surface area (Å²) in [6, 6.07) is 4.26. The fourth-order valence-corrected chi connectivity index (χ4v) is 2.69. The zero-order valence-corrected chi connectivity index (χ0v) is 10.7. The van der Waals surface area contributed by atoms with Gasteiger partial charge in [-0.2, -0.15) is 0 Å². The fraction of sp³-hybridized carbons (Fsp3) is 0.583. The highest BCUT2D eigenvalue weighted by Crippen LogP contribution is 2.29. The van der Waals surface area contributed by atoms with Gasteiger partial charge in [-0.3, -0.25) is 4.90 Å². The van der Waals surface area contributed by atoms with Gasteiger partial charge in [-0.25, -0.2) is 4.79 Å². The molecule has 1 aliphatic rings. The summed E-state index contributed by atoms with van der Waals surface area (Å²) in [5.41, 5.74) is 0. The Morgan fingerprint density at radius 2 is 2.35 bits per heavy atom. The maximum atomic E-state index is 10.8. The Morgan fingerprint density at radius 1 is 1.59 bits per heavy atom. The van der Waals surface area contributed by atoms with Crippen LogP contribution in [-0.4, -0.2) is 42.3 Å². The standard InChI is InChI=1S/C12H17NO3S/c1-16-7-6-13(9-2-3-9)8-10-4-5-11(17-10)12(14)15/h4-5,9H,2-3,6-8H2,1H3,(H,14,15). The lowest BCUT2D eigenvalue weighted by Gasteiger charge is -2.20. The first-order valence-corrected chi connectivity index (χ1v) is 6.57. The molecule has 1 aromatic heterocycles. The third kappa shape index (κ3) is 3.52. The molecule has 1 heterocycles. The van der Waals surface area contributed by atoms with Crippen LogP contribution >= 0.6 is 11.3 Å². The molecule has 1 aromatic rings. The largest absolute Gasteiger partial charge is 0.477 e. The van der Waals surface area contributed by atoms with Crippen molar-refractivity contribution in [1.29, 1.82) is 0 Å². The van der Waals surface area contributed by atoms with E-state index in [1.807, 2.05) is 6.07 Å². The van der Waals surface area contributed by atoms with Crippen LogP contribution in [0, 0.1) is 0 Å². The first-order valence-electron chi connectivity index (χ1n) is 5.75. The molecule has 0 spiro atoms. The van der Waals surface area contributed by atoms with Crippen molar-refractivity contribution in [3.63, 3.8) is 0 Å². The van der Waals surface area contributed by atoms with Crippen LogP contribution < -0.4 is 0 Å². The van der Waals surface area contributed by atoms with Crippen LogP contribution in [0.15, 0.2) is 12.1 Å². The predicted octanol–water partition coefficient (Wildman–Crippen LogP) is 2.06. The molecular weight excluding hydrogens is 238 g/mol. The molecule has 2 rings (SSSR count). The van der Waals surface area contributed by atoms with Crippen molar-refractivity contribution in [3.05, 3.63) is 21.9 Å². The maximum absolute atomic E-state index is 10.8. The third-order valence-corrected chi connectivity index (χ3v) is 3.94. The van der Waals surface area contributed by atoms with E-state index in [0.29, 0.717) is 10.9 Å². The minimum atomic E-state index is -0.837. The number of carbonyl (C=O) groups is 1. The van der Waals surface area contributed by atoms with E-state index in [0.717, 1.165) is 24.6 Å². The number of hydrogen-bond acceptors (Lipinski definition) is 4. The second kappa shape index (κ2) is 5.62. The number of carboxylic acids is 1. The Balaban J connectivity index is 1.93. The summed E-state index contributed by atoms with van der Waals surface area (Å²) in [4.78, 5) is 14.7. The molecule has 0 saturated heterocycles. The van der Waals surface area contributed by atoms with Gasteiger partial charge < -0.3 is 9.84 Å². The normalized spacial score (nSPS) is 15.4. The zero-order valence-electron chi connectivity index (χ0n) is 9.89. The Morgan fingerprint density at radius 3 is 2.88 bits per heavy atom. The van der Waals surface area contributed by atoms with Crippen LogP contribution in [0.25, 0.3) is 0 Å². The lowest BCUT2D eigenvalue weighted by atomic mass is 10.3. The molecule has 1 fully saturated rings. The molecule has 94 valence electrons. The average Bonchev–Trinajstić information content (AvgIpc) is 3.04. The number of ether oxygens (including phenoxy) is 1. The molecule has 5 heteroatoms. The van der Waals surface area contributed by atoms with E-state index in [1.54, 1.807) is 13.2 Å². The molecule has 0 amide bonds. The molecule has 1 aliphatic carbocycles. The number of hydrogen-bond donors (Lipinski definition) is 1. The van der Waals surface area contributed by atoms with E-state index in [4.69, 9.17) is 9.84 Å². The van der Waals surface area contributed by atoms with E-state index >= 15 is 0 Å². The van der Waals surface area contributed by atoms with Crippen molar-refractivity contribution < 1.29 is 14.6 Å². The van der Waals surface area contributed by atoms with Gasteiger partial charge in [0, 0.05) is 31.1 Å². The minimum absolute atomic E-state index is 0.419. The molecule has 0 radical (unpaired) electrons. The Hall–Kier alpha value is -0.910. The third-order valence-electron chi connectivity index (χ3n) is 2.88. The number of rotatable bonds is 7. The van der Waals surface area contributed by atoms with E-state index in [9.17, 15) is 4.79 Å². The first-order chi connectivity index (χ1) is 8.20. The Bertz CT molecular complexity index is 387. The molecule has 0 aliphatic heterocycles. The van der Waals surface area contributed by atoms with Crippen molar-refractivity contribution in [1.82, 2.24) is 4.90 Å². The smallest absolute Gasteiger partial charge is 0.345 e. The number of thiophene rings is 1. The second-order valence-electron chi connectivity index (χ2n) is 4.27. The van der Waals surface area contributed by atoms with Gasteiger partial charge in [0.15, 0.2) is 0 Å². The van der Waals surface area contributed by atoms with Gasteiger partial charge in [0.25, 0.3) is 0 Å². The highest BCUT2D eigenvalue weighted by molar-refractivity contribution is 7.13. The van der Waals surface area contributed by atoms with Crippen molar-refractivity contribution in [2.24, 2.45) is 0 Å². The van der Waals surface area contributed by atoms with Crippen LogP contribution in [-0.2, 0) is 11.3 Å². The number of carboxylic acid groups (broad SMARTS) is 1. The van der Waals surface area contributed by atoms with E-state index in [1.165, 1.54) is 24.2 Å². The van der Waals surface area contributed by atoms with Crippen LogP contribution in [0.5, 0.6) is 0 Å². The zero-order chi connectivity index (χ0) is 12.3. The predicted molar refractivity (Wildman–Crippen MR) is 66.6 cm³/mol. The van der Waals surface area contributed by atoms with Gasteiger partial charge in [-0.05, 0) is 25.0 Å². The second-order valence-corrected chi connectivity index (χ2v) is 5.43. The number of aromatic carboxylic acids is 1. The van der Waals surface area contributed by atoms with E-state index < -0.39 is 5.97 Å². The van der Waals surface area contributed by atoms with Gasteiger partial charge in [0.2, 0.25) is 0 Å². The SMILES string of the molecule is COCCN(Cc1ccc(C(=O)O)s1)C1CC1. The van der Waals surface area contributed by atoms with Crippen LogP contribution in [0.3, 0.4) is 0 Å². The van der Waals surface area contributed by atoms with Gasteiger partial charge >= 0.3 is 5.97 Å². The Kier molecular flexibility index (Phi) is 4.15. The fourth-order valence-electron chi connectivity index (χ4n) is 1.82. The van der Waals surface area contributed by atoms with Crippen molar-refractivity contribution in [3.8, 4) is 0 Å². The highest BCUT2D eigenvalue weighted by Gasteiger charge is 2.28. The summed E-state index contributed by atoms with van der Waals surface area (Å²) >= 11 is 1.37. The van der Waals surface area contributed by atoms with Gasteiger partial charge in [-0.1, -0.05) is 0 Å². The van der Waals surface area contributed by atoms with Crippen molar-refractivity contribution in [2.75, 3.05) is 20.3 Å². The molecule has 0 bridgehead atoms. The summed E-state index contributed by atoms with van der Waals surface area (Å²) in [7, 11) is 1.71. The average molecular weight is 255 g/mol. The van der Waals surface area contributed by atoms with Gasteiger partial charge in [-0.15, -0.1) is 11.3 Å². The minimum Gasteiger partial charge on any atom is -0.477 e. The molecular formula is C12H17NO3S. The Labute approximate surface area is 105 Å².